The minimum Gasteiger partial charge on any atom is -0.496 e. The molecule has 1 atom stereocenters. The second-order valence-electron chi connectivity index (χ2n) is 4.16. The fraction of sp³-hybridized carbons (Fsp3) is 0.538. The first-order valence-electron chi connectivity index (χ1n) is 5.82. The zero-order chi connectivity index (χ0) is 13.6. The Morgan fingerprint density at radius 1 is 1.28 bits per heavy atom. The number of nitrogens with one attached hydrogen (secondary N) is 1. The molecule has 1 N–H and O–H groups in total. The highest BCUT2D eigenvalue weighted by atomic mass is 19.4. The summed E-state index contributed by atoms with van der Waals surface area (Å²) in [5.74, 6) is 0.713. The van der Waals surface area contributed by atoms with Crippen molar-refractivity contribution < 1.29 is 17.9 Å². The van der Waals surface area contributed by atoms with Crippen LogP contribution in [0.5, 0.6) is 5.75 Å². The van der Waals surface area contributed by atoms with Gasteiger partial charge in [-0.1, -0.05) is 18.2 Å². The van der Waals surface area contributed by atoms with Gasteiger partial charge in [-0.15, -0.1) is 0 Å². The van der Waals surface area contributed by atoms with E-state index < -0.39 is 12.6 Å². The molecule has 0 spiro atoms. The van der Waals surface area contributed by atoms with Gasteiger partial charge in [0.05, 0.1) is 7.11 Å². The van der Waals surface area contributed by atoms with Gasteiger partial charge in [0.15, 0.2) is 0 Å². The van der Waals surface area contributed by atoms with E-state index in [1.807, 2.05) is 24.3 Å². The van der Waals surface area contributed by atoms with E-state index in [2.05, 4.69) is 5.32 Å². The lowest BCUT2D eigenvalue weighted by atomic mass is 10.0. The summed E-state index contributed by atoms with van der Waals surface area (Å²) >= 11 is 0. The van der Waals surface area contributed by atoms with E-state index in [-0.39, 0.29) is 12.5 Å². The number of hydrogen-bond acceptors (Lipinski definition) is 2. The highest BCUT2D eigenvalue weighted by molar-refractivity contribution is 5.33. The van der Waals surface area contributed by atoms with E-state index in [9.17, 15) is 13.2 Å². The molecule has 0 saturated carbocycles. The Morgan fingerprint density at radius 2 is 1.94 bits per heavy atom. The molecule has 1 rings (SSSR count). The van der Waals surface area contributed by atoms with Crippen molar-refractivity contribution in [3.05, 3.63) is 29.8 Å². The average molecular weight is 261 g/mol. The first-order valence-corrected chi connectivity index (χ1v) is 5.82. The molecule has 102 valence electrons. The highest BCUT2D eigenvalue weighted by Crippen LogP contribution is 2.25. The quantitative estimate of drug-likeness (QED) is 0.849. The third-order valence-corrected chi connectivity index (χ3v) is 2.84. The van der Waals surface area contributed by atoms with Gasteiger partial charge in [0.1, 0.15) is 5.75 Å². The molecule has 0 aliphatic rings. The molecule has 0 heterocycles. The van der Waals surface area contributed by atoms with Crippen LogP contribution in [-0.4, -0.2) is 26.4 Å². The molecule has 1 unspecified atom stereocenters. The molecular formula is C13H18F3NO. The predicted octanol–water partition coefficient (Wildman–Crippen LogP) is 3.17. The maximum Gasteiger partial charge on any atom is 0.389 e. The van der Waals surface area contributed by atoms with E-state index in [1.54, 1.807) is 14.2 Å². The van der Waals surface area contributed by atoms with Gasteiger partial charge in [0.2, 0.25) is 0 Å². The van der Waals surface area contributed by atoms with Crippen molar-refractivity contribution in [1.82, 2.24) is 5.32 Å². The number of para-hydroxylation sites is 1. The van der Waals surface area contributed by atoms with Crippen LogP contribution in [0.2, 0.25) is 0 Å². The summed E-state index contributed by atoms with van der Waals surface area (Å²) in [6.07, 6.45) is -4.28. The number of benzene rings is 1. The maximum atomic E-state index is 12.2. The summed E-state index contributed by atoms with van der Waals surface area (Å²) in [5, 5.41) is 2.92. The predicted molar refractivity (Wildman–Crippen MR) is 64.8 cm³/mol. The monoisotopic (exact) mass is 261 g/mol. The van der Waals surface area contributed by atoms with Gasteiger partial charge < -0.3 is 10.1 Å². The Morgan fingerprint density at radius 3 is 2.50 bits per heavy atom. The zero-order valence-electron chi connectivity index (χ0n) is 10.6. The van der Waals surface area contributed by atoms with Gasteiger partial charge in [0, 0.05) is 12.5 Å². The SMILES string of the molecule is CNC(CCC(F)(F)F)Cc1ccccc1OC. The van der Waals surface area contributed by atoms with Gasteiger partial charge in [-0.3, -0.25) is 0 Å². The fourth-order valence-corrected chi connectivity index (χ4v) is 1.82. The van der Waals surface area contributed by atoms with Crippen molar-refractivity contribution in [2.45, 2.75) is 31.5 Å². The third-order valence-electron chi connectivity index (χ3n) is 2.84. The van der Waals surface area contributed by atoms with E-state index in [0.717, 1.165) is 5.56 Å². The molecule has 0 aliphatic heterocycles. The van der Waals surface area contributed by atoms with Gasteiger partial charge in [0.25, 0.3) is 0 Å². The van der Waals surface area contributed by atoms with Crippen molar-refractivity contribution in [3.63, 3.8) is 0 Å². The van der Waals surface area contributed by atoms with Gasteiger partial charge in [-0.25, -0.2) is 0 Å². The summed E-state index contributed by atoms with van der Waals surface area (Å²) in [5.41, 5.74) is 0.918. The smallest absolute Gasteiger partial charge is 0.389 e. The normalized spacial score (nSPS) is 13.4. The number of hydrogen-bond donors (Lipinski definition) is 1. The van der Waals surface area contributed by atoms with E-state index in [0.29, 0.717) is 12.2 Å². The summed E-state index contributed by atoms with van der Waals surface area (Å²) in [4.78, 5) is 0. The minimum atomic E-state index is -4.10. The number of ether oxygens (including phenoxy) is 1. The third kappa shape index (κ3) is 4.96. The Balaban J connectivity index is 2.62. The molecule has 0 bridgehead atoms. The van der Waals surface area contributed by atoms with Gasteiger partial charge in [-0.2, -0.15) is 13.2 Å². The van der Waals surface area contributed by atoms with Crippen LogP contribution in [-0.2, 0) is 6.42 Å². The van der Waals surface area contributed by atoms with E-state index >= 15 is 0 Å². The molecule has 0 aliphatic carbocycles. The summed E-state index contributed by atoms with van der Waals surface area (Å²) in [6, 6.07) is 7.17. The van der Waals surface area contributed by atoms with Crippen LogP contribution in [0, 0.1) is 0 Å². The highest BCUT2D eigenvalue weighted by Gasteiger charge is 2.28. The second-order valence-corrected chi connectivity index (χ2v) is 4.16. The lowest BCUT2D eigenvalue weighted by molar-refractivity contribution is -0.136. The Bertz CT molecular complexity index is 365. The van der Waals surface area contributed by atoms with Crippen molar-refractivity contribution in [2.75, 3.05) is 14.2 Å². The largest absolute Gasteiger partial charge is 0.496 e. The molecule has 0 fully saturated rings. The van der Waals surface area contributed by atoms with E-state index in [1.165, 1.54) is 0 Å². The van der Waals surface area contributed by atoms with Crippen molar-refractivity contribution in [3.8, 4) is 5.75 Å². The van der Waals surface area contributed by atoms with Crippen LogP contribution in [0.15, 0.2) is 24.3 Å². The van der Waals surface area contributed by atoms with Gasteiger partial charge >= 0.3 is 6.18 Å². The molecule has 0 saturated heterocycles. The number of rotatable bonds is 6. The van der Waals surface area contributed by atoms with Crippen molar-refractivity contribution in [1.29, 1.82) is 0 Å². The molecule has 1 aromatic rings. The Labute approximate surface area is 105 Å². The molecule has 5 heteroatoms. The summed E-state index contributed by atoms with van der Waals surface area (Å²) in [6.45, 7) is 0. The van der Waals surface area contributed by atoms with Crippen LogP contribution in [0.25, 0.3) is 0 Å². The molecule has 0 radical (unpaired) electrons. The summed E-state index contributed by atoms with van der Waals surface area (Å²) in [7, 11) is 3.24. The number of methoxy groups -OCH3 is 1. The standard InChI is InChI=1S/C13H18F3NO/c1-17-11(7-8-13(14,15)16)9-10-5-3-4-6-12(10)18-2/h3-6,11,17H,7-9H2,1-2H3. The zero-order valence-corrected chi connectivity index (χ0v) is 10.6. The second kappa shape index (κ2) is 6.64. The fourth-order valence-electron chi connectivity index (χ4n) is 1.82. The number of likely N-dealkylation sites (N-methyl/N-ethyl adjacent to an activating group) is 1. The molecule has 18 heavy (non-hydrogen) atoms. The van der Waals surface area contributed by atoms with E-state index in [4.69, 9.17) is 4.74 Å². The van der Waals surface area contributed by atoms with Crippen LogP contribution in [0.4, 0.5) is 13.2 Å². The topological polar surface area (TPSA) is 21.3 Å². The molecular weight excluding hydrogens is 243 g/mol. The number of alkyl halides is 3. The molecule has 1 aromatic carbocycles. The van der Waals surface area contributed by atoms with Crippen LogP contribution >= 0.6 is 0 Å². The van der Waals surface area contributed by atoms with Crippen molar-refractivity contribution in [2.24, 2.45) is 0 Å². The first-order chi connectivity index (χ1) is 8.46. The maximum absolute atomic E-state index is 12.2. The Hall–Kier alpha value is -1.23. The van der Waals surface area contributed by atoms with Crippen LogP contribution < -0.4 is 10.1 Å². The lowest BCUT2D eigenvalue weighted by Gasteiger charge is -2.18. The van der Waals surface area contributed by atoms with Crippen LogP contribution in [0.1, 0.15) is 18.4 Å². The number of halogens is 3. The molecule has 2 nitrogen and oxygen atoms in total. The first kappa shape index (κ1) is 14.8. The Kier molecular flexibility index (Phi) is 5.47. The molecule has 0 aromatic heterocycles. The molecule has 0 amide bonds. The average Bonchev–Trinajstić information content (AvgIpc) is 2.33. The summed E-state index contributed by atoms with van der Waals surface area (Å²) < 4.78 is 41.7. The van der Waals surface area contributed by atoms with Gasteiger partial charge in [-0.05, 0) is 31.5 Å². The van der Waals surface area contributed by atoms with Crippen molar-refractivity contribution >= 4 is 0 Å². The lowest BCUT2D eigenvalue weighted by Crippen LogP contribution is -2.29. The minimum absolute atomic E-state index is 0.0675. The van der Waals surface area contributed by atoms with Crippen LogP contribution in [0.3, 0.4) is 0 Å².